The molecule has 3 aromatic rings. The van der Waals surface area contributed by atoms with Crippen LogP contribution >= 0.6 is 0 Å². The van der Waals surface area contributed by atoms with E-state index in [1.165, 1.54) is 13.2 Å². The minimum absolute atomic E-state index is 0.0577. The molecule has 31 heavy (non-hydrogen) atoms. The van der Waals surface area contributed by atoms with Crippen LogP contribution in [-0.4, -0.2) is 31.7 Å². The molecule has 6 nitrogen and oxygen atoms in total. The molecule has 0 unspecified atom stereocenters. The molecule has 6 heteroatoms. The van der Waals surface area contributed by atoms with Crippen molar-refractivity contribution in [2.45, 2.75) is 0 Å². The van der Waals surface area contributed by atoms with Gasteiger partial charge >= 0.3 is 5.97 Å². The van der Waals surface area contributed by atoms with Gasteiger partial charge in [0.25, 0.3) is 0 Å². The number of hydrazone groups is 1. The van der Waals surface area contributed by atoms with Crippen molar-refractivity contribution in [2.75, 3.05) is 14.2 Å². The number of hydrogen-bond donors (Lipinski definition) is 1. The van der Waals surface area contributed by atoms with Gasteiger partial charge in [-0.2, -0.15) is 5.10 Å². The number of ether oxygens (including phenoxy) is 2. The normalized spacial score (nSPS) is 11.9. The number of esters is 1. The highest BCUT2D eigenvalue weighted by atomic mass is 16.5. The number of allylic oxidation sites excluding steroid dienone is 1. The van der Waals surface area contributed by atoms with Crippen molar-refractivity contribution < 1.29 is 19.1 Å². The van der Waals surface area contributed by atoms with E-state index in [4.69, 9.17) is 9.47 Å². The van der Waals surface area contributed by atoms with Gasteiger partial charge in [0.05, 0.1) is 19.9 Å². The van der Waals surface area contributed by atoms with Gasteiger partial charge in [0.15, 0.2) is 5.78 Å². The van der Waals surface area contributed by atoms with E-state index in [1.807, 2.05) is 48.5 Å². The van der Waals surface area contributed by atoms with Gasteiger partial charge in [-0.3, -0.25) is 10.2 Å². The average Bonchev–Trinajstić information content (AvgIpc) is 3.15. The van der Waals surface area contributed by atoms with Gasteiger partial charge in [0.2, 0.25) is 0 Å². The minimum Gasteiger partial charge on any atom is -0.497 e. The summed E-state index contributed by atoms with van der Waals surface area (Å²) in [7, 11) is 2.80. The second-order valence-corrected chi connectivity index (χ2v) is 6.81. The summed E-state index contributed by atoms with van der Waals surface area (Å²) >= 11 is 0. The largest absolute Gasteiger partial charge is 0.497 e. The van der Waals surface area contributed by atoms with Crippen LogP contribution in [0.2, 0.25) is 0 Å². The van der Waals surface area contributed by atoms with Crippen molar-refractivity contribution >= 4 is 17.5 Å². The fourth-order valence-corrected chi connectivity index (χ4v) is 3.45. The smallest absolute Gasteiger partial charge is 0.356 e. The number of ketones is 1. The van der Waals surface area contributed by atoms with E-state index in [1.54, 1.807) is 31.4 Å². The molecule has 154 valence electrons. The van der Waals surface area contributed by atoms with Crippen LogP contribution < -0.4 is 10.2 Å². The van der Waals surface area contributed by atoms with E-state index in [0.29, 0.717) is 17.0 Å². The summed E-state index contributed by atoms with van der Waals surface area (Å²) in [6.45, 7) is 0. The van der Waals surface area contributed by atoms with Gasteiger partial charge in [-0.05, 0) is 35.4 Å². The molecular weight excluding hydrogens is 392 g/mol. The number of carbonyl (C=O) groups is 2. The van der Waals surface area contributed by atoms with Crippen LogP contribution in [0.1, 0.15) is 21.5 Å². The summed E-state index contributed by atoms with van der Waals surface area (Å²) in [5, 5.41) is 4.47. The molecule has 0 amide bonds. The van der Waals surface area contributed by atoms with Crippen LogP contribution in [0.5, 0.6) is 5.75 Å². The lowest BCUT2D eigenvalue weighted by molar-refractivity contribution is -0.136. The lowest BCUT2D eigenvalue weighted by Crippen LogP contribution is -2.20. The molecule has 0 aromatic heterocycles. The third kappa shape index (κ3) is 3.96. The predicted molar refractivity (Wildman–Crippen MR) is 118 cm³/mol. The number of methoxy groups -OCH3 is 2. The first kappa shape index (κ1) is 20.1. The average molecular weight is 412 g/mol. The van der Waals surface area contributed by atoms with Crippen molar-refractivity contribution in [1.82, 2.24) is 5.43 Å². The zero-order chi connectivity index (χ0) is 21.8. The summed E-state index contributed by atoms with van der Waals surface area (Å²) in [6, 6.07) is 22.4. The number of fused-ring (bicyclic) bond motifs is 3. The maximum atomic E-state index is 12.7. The SMILES string of the molecule is COC(=O)/C(=C/C(=O)c1ccc(OC)cc1)NN=C1c2ccccc2-c2ccccc21. The zero-order valence-electron chi connectivity index (χ0n) is 17.1. The van der Waals surface area contributed by atoms with Crippen LogP contribution in [0.15, 0.2) is 89.7 Å². The van der Waals surface area contributed by atoms with Crippen molar-refractivity contribution in [1.29, 1.82) is 0 Å². The molecule has 3 aromatic carbocycles. The summed E-state index contributed by atoms with van der Waals surface area (Å²) in [6.07, 6.45) is 1.18. The number of carbonyl (C=O) groups excluding carboxylic acids is 2. The van der Waals surface area contributed by atoms with Crippen molar-refractivity contribution in [2.24, 2.45) is 5.10 Å². The minimum atomic E-state index is -0.689. The van der Waals surface area contributed by atoms with E-state index in [0.717, 1.165) is 22.3 Å². The van der Waals surface area contributed by atoms with Crippen LogP contribution in [0.25, 0.3) is 11.1 Å². The molecule has 4 rings (SSSR count). The van der Waals surface area contributed by atoms with E-state index in [-0.39, 0.29) is 11.5 Å². The topological polar surface area (TPSA) is 77.0 Å². The number of hydrogen-bond acceptors (Lipinski definition) is 6. The monoisotopic (exact) mass is 412 g/mol. The van der Waals surface area contributed by atoms with Crippen molar-refractivity contribution in [3.8, 4) is 16.9 Å². The molecule has 0 saturated heterocycles. The Kier molecular flexibility index (Phi) is 5.62. The fourth-order valence-electron chi connectivity index (χ4n) is 3.45. The molecular formula is C25H20N2O4. The maximum Gasteiger partial charge on any atom is 0.356 e. The van der Waals surface area contributed by atoms with Crippen LogP contribution in [-0.2, 0) is 9.53 Å². The molecule has 1 aliphatic rings. The second kappa shape index (κ2) is 8.67. The Balaban J connectivity index is 1.67. The van der Waals surface area contributed by atoms with E-state index >= 15 is 0 Å². The summed E-state index contributed by atoms with van der Waals surface area (Å²) < 4.78 is 9.94. The van der Waals surface area contributed by atoms with Crippen molar-refractivity contribution in [3.05, 3.63) is 101 Å². The Bertz CT molecular complexity index is 1160. The first-order chi connectivity index (χ1) is 15.1. The summed E-state index contributed by atoms with van der Waals surface area (Å²) in [5.74, 6) is -0.412. The Morgan fingerprint density at radius 2 is 1.35 bits per heavy atom. The van der Waals surface area contributed by atoms with E-state index in [2.05, 4.69) is 10.5 Å². The van der Waals surface area contributed by atoms with Crippen LogP contribution in [0.4, 0.5) is 0 Å². The van der Waals surface area contributed by atoms with Gasteiger partial charge in [-0.15, -0.1) is 0 Å². The quantitative estimate of drug-likeness (QED) is 0.225. The van der Waals surface area contributed by atoms with Gasteiger partial charge in [0.1, 0.15) is 11.4 Å². The molecule has 0 radical (unpaired) electrons. The summed E-state index contributed by atoms with van der Waals surface area (Å²) in [5.41, 5.74) is 7.82. The number of benzene rings is 3. The number of nitrogens with zero attached hydrogens (tertiary/aromatic N) is 1. The lowest BCUT2D eigenvalue weighted by atomic mass is 10.1. The molecule has 0 spiro atoms. The Hall–Kier alpha value is -4.19. The molecule has 0 atom stereocenters. The van der Waals surface area contributed by atoms with E-state index < -0.39 is 5.97 Å². The Labute approximate surface area is 179 Å². The molecule has 0 fully saturated rings. The zero-order valence-corrected chi connectivity index (χ0v) is 17.1. The second-order valence-electron chi connectivity index (χ2n) is 6.81. The van der Waals surface area contributed by atoms with Crippen LogP contribution in [0, 0.1) is 0 Å². The number of nitrogens with one attached hydrogen (secondary N) is 1. The highest BCUT2D eigenvalue weighted by Crippen LogP contribution is 2.36. The fraction of sp³-hybridized carbons (Fsp3) is 0.0800. The predicted octanol–water partition coefficient (Wildman–Crippen LogP) is 3.96. The molecule has 0 bridgehead atoms. The number of rotatable bonds is 6. The highest BCUT2D eigenvalue weighted by molar-refractivity contribution is 6.24. The Morgan fingerprint density at radius 3 is 1.87 bits per heavy atom. The third-order valence-electron chi connectivity index (χ3n) is 5.00. The summed E-state index contributed by atoms with van der Waals surface area (Å²) in [4.78, 5) is 24.9. The molecule has 0 saturated carbocycles. The molecule has 0 heterocycles. The maximum absolute atomic E-state index is 12.7. The first-order valence-electron chi connectivity index (χ1n) is 9.63. The van der Waals surface area contributed by atoms with Crippen molar-refractivity contribution in [3.63, 3.8) is 0 Å². The van der Waals surface area contributed by atoms with E-state index in [9.17, 15) is 9.59 Å². The molecule has 0 aliphatic heterocycles. The molecule has 1 aliphatic carbocycles. The van der Waals surface area contributed by atoms with Crippen LogP contribution in [0.3, 0.4) is 0 Å². The standard InChI is InChI=1S/C25H20N2O4/c1-30-17-13-11-16(12-14-17)23(28)15-22(25(29)31-2)26-27-24-20-9-5-3-7-18(20)19-8-4-6-10-21(19)24/h3-15,26H,1-2H3/b22-15-. The Morgan fingerprint density at radius 1 is 0.806 bits per heavy atom. The highest BCUT2D eigenvalue weighted by Gasteiger charge is 2.24. The molecule has 1 N–H and O–H groups in total. The first-order valence-corrected chi connectivity index (χ1v) is 9.63. The van der Waals surface area contributed by atoms with Gasteiger partial charge in [0, 0.05) is 22.8 Å². The van der Waals surface area contributed by atoms with Gasteiger partial charge in [-0.1, -0.05) is 48.5 Å². The lowest BCUT2D eigenvalue weighted by Gasteiger charge is -2.07. The van der Waals surface area contributed by atoms with Gasteiger partial charge in [-0.25, -0.2) is 4.79 Å². The van der Waals surface area contributed by atoms with Gasteiger partial charge < -0.3 is 9.47 Å². The third-order valence-corrected chi connectivity index (χ3v) is 5.00.